The van der Waals surface area contributed by atoms with Crippen molar-refractivity contribution >= 4 is 0 Å². The molecule has 1 rings (SSSR count). The van der Waals surface area contributed by atoms with Crippen molar-refractivity contribution in [3.05, 3.63) is 18.2 Å². The maximum absolute atomic E-state index is 4.28. The average molecular weight is 195 g/mol. The lowest BCUT2D eigenvalue weighted by molar-refractivity contribution is 0.506. The molecule has 1 atom stereocenters. The molecule has 3 heteroatoms. The van der Waals surface area contributed by atoms with Gasteiger partial charge in [0, 0.05) is 38.4 Å². The predicted molar refractivity (Wildman–Crippen MR) is 59.3 cm³/mol. The normalized spacial score (nSPS) is 13.1. The lowest BCUT2D eigenvalue weighted by Crippen LogP contribution is -2.28. The highest BCUT2D eigenvalue weighted by Gasteiger charge is 2.01. The summed E-state index contributed by atoms with van der Waals surface area (Å²) >= 11 is 0. The van der Waals surface area contributed by atoms with Crippen LogP contribution in [0.4, 0.5) is 0 Å². The number of aromatic nitrogens is 2. The van der Waals surface area contributed by atoms with Gasteiger partial charge in [0.05, 0.1) is 0 Å². The van der Waals surface area contributed by atoms with Gasteiger partial charge in [-0.3, -0.25) is 0 Å². The van der Waals surface area contributed by atoms with Gasteiger partial charge in [0.25, 0.3) is 0 Å². The van der Waals surface area contributed by atoms with E-state index in [0.29, 0.717) is 6.04 Å². The molecule has 14 heavy (non-hydrogen) atoms. The molecule has 0 saturated heterocycles. The Balaban J connectivity index is 2.19. The Morgan fingerprint density at radius 1 is 1.57 bits per heavy atom. The number of imidazole rings is 1. The third-order valence-corrected chi connectivity index (χ3v) is 2.48. The fraction of sp³-hybridized carbons (Fsp3) is 0.727. The van der Waals surface area contributed by atoms with Gasteiger partial charge < -0.3 is 9.88 Å². The van der Waals surface area contributed by atoms with Gasteiger partial charge in [0.1, 0.15) is 5.82 Å². The van der Waals surface area contributed by atoms with Gasteiger partial charge in [0.15, 0.2) is 0 Å². The first-order valence-corrected chi connectivity index (χ1v) is 5.43. The average Bonchev–Trinajstić information content (AvgIpc) is 2.52. The Kier molecular flexibility index (Phi) is 4.66. The van der Waals surface area contributed by atoms with Gasteiger partial charge in [-0.25, -0.2) is 4.98 Å². The van der Waals surface area contributed by atoms with Gasteiger partial charge in [-0.1, -0.05) is 13.3 Å². The van der Waals surface area contributed by atoms with Crippen LogP contribution in [0.3, 0.4) is 0 Å². The van der Waals surface area contributed by atoms with Crippen molar-refractivity contribution in [1.82, 2.24) is 14.9 Å². The Morgan fingerprint density at radius 3 is 2.93 bits per heavy atom. The van der Waals surface area contributed by atoms with Crippen molar-refractivity contribution in [2.24, 2.45) is 7.05 Å². The summed E-state index contributed by atoms with van der Waals surface area (Å²) in [6.07, 6.45) is 7.35. The Hall–Kier alpha value is -0.830. The molecular formula is C11H21N3. The van der Waals surface area contributed by atoms with Crippen molar-refractivity contribution in [1.29, 1.82) is 0 Å². The number of nitrogens with zero attached hydrogens (tertiary/aromatic N) is 2. The largest absolute Gasteiger partial charge is 0.338 e. The minimum atomic E-state index is 0.625. The molecule has 0 amide bonds. The molecule has 0 aliphatic rings. The van der Waals surface area contributed by atoms with Crippen molar-refractivity contribution in [2.45, 2.75) is 39.2 Å². The van der Waals surface area contributed by atoms with Crippen LogP contribution in [0.1, 0.15) is 32.5 Å². The number of rotatable bonds is 6. The van der Waals surface area contributed by atoms with E-state index >= 15 is 0 Å². The third kappa shape index (κ3) is 3.50. The molecule has 1 unspecified atom stereocenters. The lowest BCUT2D eigenvalue weighted by atomic mass is 10.2. The minimum Gasteiger partial charge on any atom is -0.338 e. The summed E-state index contributed by atoms with van der Waals surface area (Å²) in [4.78, 5) is 4.28. The smallest absolute Gasteiger partial charge is 0.109 e. The van der Waals surface area contributed by atoms with Crippen LogP contribution < -0.4 is 5.32 Å². The molecule has 0 saturated carbocycles. The molecule has 3 nitrogen and oxygen atoms in total. The summed E-state index contributed by atoms with van der Waals surface area (Å²) in [7, 11) is 2.04. The molecule has 1 aromatic heterocycles. The lowest BCUT2D eigenvalue weighted by Gasteiger charge is -2.12. The van der Waals surface area contributed by atoms with E-state index < -0.39 is 0 Å². The first-order valence-electron chi connectivity index (χ1n) is 5.43. The summed E-state index contributed by atoms with van der Waals surface area (Å²) in [6, 6.07) is 0.625. The molecule has 0 aliphatic carbocycles. The first kappa shape index (κ1) is 11.2. The fourth-order valence-electron chi connectivity index (χ4n) is 1.60. The molecule has 0 spiro atoms. The summed E-state index contributed by atoms with van der Waals surface area (Å²) in [6.45, 7) is 5.48. The van der Waals surface area contributed by atoms with E-state index in [1.54, 1.807) is 0 Å². The Bertz CT molecular complexity index is 255. The van der Waals surface area contributed by atoms with Crippen LogP contribution >= 0.6 is 0 Å². The maximum atomic E-state index is 4.28. The van der Waals surface area contributed by atoms with Gasteiger partial charge in [-0.2, -0.15) is 0 Å². The maximum Gasteiger partial charge on any atom is 0.109 e. The summed E-state index contributed by atoms with van der Waals surface area (Å²) in [5.41, 5.74) is 0. The van der Waals surface area contributed by atoms with Crippen molar-refractivity contribution in [2.75, 3.05) is 6.54 Å². The van der Waals surface area contributed by atoms with E-state index in [0.717, 1.165) is 18.8 Å². The van der Waals surface area contributed by atoms with Crippen molar-refractivity contribution in [3.63, 3.8) is 0 Å². The zero-order valence-corrected chi connectivity index (χ0v) is 9.45. The van der Waals surface area contributed by atoms with Crippen LogP contribution in [0.15, 0.2) is 12.4 Å². The molecule has 1 aromatic rings. The molecule has 0 fully saturated rings. The van der Waals surface area contributed by atoms with E-state index in [-0.39, 0.29) is 0 Å². The van der Waals surface area contributed by atoms with Crippen LogP contribution in [0, 0.1) is 0 Å². The highest BCUT2D eigenvalue weighted by atomic mass is 15.0. The van der Waals surface area contributed by atoms with Gasteiger partial charge >= 0.3 is 0 Å². The van der Waals surface area contributed by atoms with Gasteiger partial charge in [0.2, 0.25) is 0 Å². The number of hydrogen-bond donors (Lipinski definition) is 1. The second-order valence-electron chi connectivity index (χ2n) is 3.85. The molecule has 0 aromatic carbocycles. The quantitative estimate of drug-likeness (QED) is 0.749. The first-order chi connectivity index (χ1) is 6.74. The van der Waals surface area contributed by atoms with E-state index in [4.69, 9.17) is 0 Å². The Morgan fingerprint density at radius 2 is 2.36 bits per heavy atom. The van der Waals surface area contributed by atoms with Gasteiger partial charge in [-0.05, 0) is 13.3 Å². The highest BCUT2D eigenvalue weighted by Crippen LogP contribution is 1.97. The fourth-order valence-corrected chi connectivity index (χ4v) is 1.60. The van der Waals surface area contributed by atoms with Crippen molar-refractivity contribution < 1.29 is 0 Å². The van der Waals surface area contributed by atoms with Crippen LogP contribution in [0.5, 0.6) is 0 Å². The molecule has 80 valence electrons. The summed E-state index contributed by atoms with van der Waals surface area (Å²) in [5, 5.41) is 3.50. The Labute approximate surface area is 86.5 Å². The minimum absolute atomic E-state index is 0.625. The van der Waals surface area contributed by atoms with Crippen LogP contribution in [-0.4, -0.2) is 22.1 Å². The number of hydrogen-bond acceptors (Lipinski definition) is 2. The molecule has 0 aliphatic heterocycles. The van der Waals surface area contributed by atoms with E-state index in [1.165, 1.54) is 12.8 Å². The number of nitrogens with one attached hydrogen (secondary N) is 1. The third-order valence-electron chi connectivity index (χ3n) is 2.48. The van der Waals surface area contributed by atoms with E-state index in [1.807, 2.05) is 19.4 Å². The summed E-state index contributed by atoms with van der Waals surface area (Å²) < 4.78 is 2.08. The van der Waals surface area contributed by atoms with E-state index in [2.05, 4.69) is 28.7 Å². The SMILES string of the molecule is CCCC(C)NCCc1nccn1C. The molecule has 1 N–H and O–H groups in total. The second-order valence-corrected chi connectivity index (χ2v) is 3.85. The molecule has 1 heterocycles. The predicted octanol–water partition coefficient (Wildman–Crippen LogP) is 1.74. The van der Waals surface area contributed by atoms with Crippen LogP contribution in [-0.2, 0) is 13.5 Å². The van der Waals surface area contributed by atoms with Gasteiger partial charge in [-0.15, -0.1) is 0 Å². The summed E-state index contributed by atoms with van der Waals surface area (Å²) in [5.74, 6) is 1.15. The van der Waals surface area contributed by atoms with Crippen LogP contribution in [0.25, 0.3) is 0 Å². The topological polar surface area (TPSA) is 29.9 Å². The number of aryl methyl sites for hydroxylation is 1. The molecule has 0 bridgehead atoms. The zero-order valence-electron chi connectivity index (χ0n) is 9.45. The van der Waals surface area contributed by atoms with Crippen LogP contribution in [0.2, 0.25) is 0 Å². The molecular weight excluding hydrogens is 174 g/mol. The second kappa shape index (κ2) is 5.81. The monoisotopic (exact) mass is 195 g/mol. The molecule has 0 radical (unpaired) electrons. The standard InChI is InChI=1S/C11H21N3/c1-4-5-10(2)12-7-6-11-13-8-9-14(11)3/h8-10,12H,4-7H2,1-3H3. The zero-order chi connectivity index (χ0) is 10.4. The highest BCUT2D eigenvalue weighted by molar-refractivity contribution is 4.91. The van der Waals surface area contributed by atoms with E-state index in [9.17, 15) is 0 Å². The van der Waals surface area contributed by atoms with Crippen molar-refractivity contribution in [3.8, 4) is 0 Å².